The van der Waals surface area contributed by atoms with Gasteiger partial charge >= 0.3 is 0 Å². The number of nitrogens with two attached hydrogens (primary N) is 1. The van der Waals surface area contributed by atoms with Crippen LogP contribution in [0.15, 0.2) is 18.2 Å². The number of ether oxygens (including phenoxy) is 1. The lowest BCUT2D eigenvalue weighted by molar-refractivity contribution is -0.119. The van der Waals surface area contributed by atoms with Crippen molar-refractivity contribution in [1.29, 1.82) is 0 Å². The van der Waals surface area contributed by atoms with Crippen LogP contribution in [0, 0.1) is 0 Å². The van der Waals surface area contributed by atoms with Crippen molar-refractivity contribution in [2.75, 3.05) is 19.4 Å². The van der Waals surface area contributed by atoms with Crippen molar-refractivity contribution in [3.05, 3.63) is 23.8 Å². The molecule has 1 atom stereocenters. The predicted octanol–water partition coefficient (Wildman–Crippen LogP) is 0.286. The van der Waals surface area contributed by atoms with Gasteiger partial charge in [0.15, 0.2) is 5.75 Å². The smallest absolute Gasteiger partial charge is 0.255 e. The molecule has 2 amide bonds. The first-order valence-electron chi connectivity index (χ1n) is 6.12. The molecule has 0 radical (unpaired) electrons. The molecule has 1 aromatic rings. The summed E-state index contributed by atoms with van der Waals surface area (Å²) in [6.45, 7) is 0.405. The minimum Gasteiger partial charge on any atom is -0.494 e. The van der Waals surface area contributed by atoms with Gasteiger partial charge in [-0.1, -0.05) is 6.07 Å². The second-order valence-corrected chi connectivity index (χ2v) is 4.44. The summed E-state index contributed by atoms with van der Waals surface area (Å²) in [6, 6.07) is 5.03. The van der Waals surface area contributed by atoms with Crippen molar-refractivity contribution in [2.45, 2.75) is 18.9 Å². The minimum absolute atomic E-state index is 0.00324. The van der Waals surface area contributed by atoms with Crippen LogP contribution >= 0.6 is 0 Å². The van der Waals surface area contributed by atoms with E-state index in [2.05, 4.69) is 10.6 Å². The maximum Gasteiger partial charge on any atom is 0.255 e. The van der Waals surface area contributed by atoms with E-state index < -0.39 is 0 Å². The molecule has 0 spiro atoms. The topological polar surface area (TPSA) is 93.4 Å². The molecule has 1 aromatic carbocycles. The van der Waals surface area contributed by atoms with Gasteiger partial charge in [-0.3, -0.25) is 9.59 Å². The number of benzene rings is 1. The van der Waals surface area contributed by atoms with Crippen LogP contribution in [0.1, 0.15) is 23.2 Å². The molecule has 6 nitrogen and oxygen atoms in total. The molecule has 1 aliphatic heterocycles. The summed E-state index contributed by atoms with van der Waals surface area (Å²) < 4.78 is 5.13. The Hall–Kier alpha value is -2.24. The van der Waals surface area contributed by atoms with Crippen LogP contribution in [0.2, 0.25) is 0 Å². The number of methoxy groups -OCH3 is 1. The highest BCUT2D eigenvalue weighted by atomic mass is 16.5. The molecule has 1 unspecified atom stereocenters. The number of nitrogen functional groups attached to an aromatic ring is 1. The third-order valence-corrected chi connectivity index (χ3v) is 3.09. The van der Waals surface area contributed by atoms with E-state index in [0.717, 1.165) is 6.42 Å². The number of anilines is 1. The van der Waals surface area contributed by atoms with Crippen LogP contribution in [-0.2, 0) is 4.79 Å². The van der Waals surface area contributed by atoms with E-state index >= 15 is 0 Å². The van der Waals surface area contributed by atoms with Crippen molar-refractivity contribution in [3.63, 3.8) is 0 Å². The molecule has 4 N–H and O–H groups in total. The van der Waals surface area contributed by atoms with E-state index in [1.54, 1.807) is 18.2 Å². The second-order valence-electron chi connectivity index (χ2n) is 4.44. The first-order chi connectivity index (χ1) is 9.11. The Balaban J connectivity index is 2.00. The standard InChI is InChI=1S/C13H17N3O3/c1-19-12-9(3-2-4-10(12)14)13(18)15-7-8-5-6-11(17)16-8/h2-4,8H,5-7,14H2,1H3,(H,15,18)(H,16,17). The third kappa shape index (κ3) is 2.96. The molecule has 0 aliphatic carbocycles. The predicted molar refractivity (Wildman–Crippen MR) is 70.9 cm³/mol. The van der Waals surface area contributed by atoms with Gasteiger partial charge in [0.1, 0.15) is 0 Å². The van der Waals surface area contributed by atoms with Gasteiger partial charge in [-0.2, -0.15) is 0 Å². The average molecular weight is 263 g/mol. The fraction of sp³-hybridized carbons (Fsp3) is 0.385. The number of nitrogens with one attached hydrogen (secondary N) is 2. The highest BCUT2D eigenvalue weighted by Gasteiger charge is 2.22. The highest BCUT2D eigenvalue weighted by molar-refractivity contribution is 5.98. The average Bonchev–Trinajstić information content (AvgIpc) is 2.81. The molecule has 6 heteroatoms. The van der Waals surface area contributed by atoms with E-state index in [1.165, 1.54) is 7.11 Å². The number of amides is 2. The van der Waals surface area contributed by atoms with Crippen molar-refractivity contribution < 1.29 is 14.3 Å². The monoisotopic (exact) mass is 263 g/mol. The number of hydrogen-bond donors (Lipinski definition) is 3. The molecule has 0 bridgehead atoms. The first-order valence-corrected chi connectivity index (χ1v) is 6.12. The number of rotatable bonds is 4. The molecule has 1 fully saturated rings. The molecular weight excluding hydrogens is 246 g/mol. The Morgan fingerprint density at radius 1 is 1.58 bits per heavy atom. The van der Waals surface area contributed by atoms with Crippen molar-refractivity contribution in [2.24, 2.45) is 0 Å². The van der Waals surface area contributed by atoms with Crippen molar-refractivity contribution in [3.8, 4) is 5.75 Å². The summed E-state index contributed by atoms with van der Waals surface area (Å²) in [5.41, 5.74) is 6.56. The lowest BCUT2D eigenvalue weighted by atomic mass is 10.1. The zero-order valence-electron chi connectivity index (χ0n) is 10.7. The molecule has 1 saturated heterocycles. The SMILES string of the molecule is COc1c(N)cccc1C(=O)NCC1CCC(=O)N1. The molecule has 1 heterocycles. The zero-order valence-corrected chi connectivity index (χ0v) is 10.7. The van der Waals surface area contributed by atoms with E-state index in [4.69, 9.17) is 10.5 Å². The largest absolute Gasteiger partial charge is 0.494 e. The van der Waals surface area contributed by atoms with Crippen LogP contribution in [0.3, 0.4) is 0 Å². The third-order valence-electron chi connectivity index (χ3n) is 3.09. The van der Waals surface area contributed by atoms with E-state index in [9.17, 15) is 9.59 Å². The van der Waals surface area contributed by atoms with Gasteiger partial charge in [-0.05, 0) is 18.6 Å². The Labute approximate surface area is 111 Å². The van der Waals surface area contributed by atoms with Gasteiger partial charge in [-0.25, -0.2) is 0 Å². The number of para-hydroxylation sites is 1. The number of hydrogen-bond acceptors (Lipinski definition) is 4. The van der Waals surface area contributed by atoms with E-state index in [1.807, 2.05) is 0 Å². The van der Waals surface area contributed by atoms with Crippen molar-refractivity contribution in [1.82, 2.24) is 10.6 Å². The fourth-order valence-corrected chi connectivity index (χ4v) is 2.10. The van der Waals surface area contributed by atoms with Crippen LogP contribution in [-0.4, -0.2) is 31.5 Å². The second kappa shape index (κ2) is 5.60. The molecule has 0 saturated carbocycles. The molecule has 2 rings (SSSR count). The molecule has 1 aliphatic rings. The van der Waals surface area contributed by atoms with Gasteiger partial charge in [-0.15, -0.1) is 0 Å². The zero-order chi connectivity index (χ0) is 13.8. The molecule has 102 valence electrons. The minimum atomic E-state index is -0.259. The van der Waals surface area contributed by atoms with Gasteiger partial charge in [0.2, 0.25) is 5.91 Å². The summed E-state index contributed by atoms with van der Waals surface area (Å²) in [6.07, 6.45) is 1.26. The maximum absolute atomic E-state index is 12.1. The maximum atomic E-state index is 12.1. The van der Waals surface area contributed by atoms with Gasteiger partial charge < -0.3 is 21.1 Å². The number of carbonyl (C=O) groups excluding carboxylic acids is 2. The molecule has 0 aromatic heterocycles. The van der Waals surface area contributed by atoms with Crippen LogP contribution in [0.4, 0.5) is 5.69 Å². The summed E-state index contributed by atoms with van der Waals surface area (Å²) in [5.74, 6) is 0.140. The first kappa shape index (κ1) is 13.2. The summed E-state index contributed by atoms with van der Waals surface area (Å²) in [5, 5.41) is 5.57. The van der Waals surface area contributed by atoms with E-state index in [-0.39, 0.29) is 17.9 Å². The Morgan fingerprint density at radius 2 is 2.37 bits per heavy atom. The summed E-state index contributed by atoms with van der Waals surface area (Å²) in [7, 11) is 1.47. The quantitative estimate of drug-likeness (QED) is 0.680. The Bertz CT molecular complexity index is 502. The van der Waals surface area contributed by atoms with Crippen LogP contribution < -0.4 is 21.1 Å². The molecular formula is C13H17N3O3. The Morgan fingerprint density at radius 3 is 3.00 bits per heavy atom. The normalized spacial score (nSPS) is 17.9. The van der Waals surface area contributed by atoms with Crippen molar-refractivity contribution >= 4 is 17.5 Å². The van der Waals surface area contributed by atoms with E-state index in [0.29, 0.717) is 30.0 Å². The lowest BCUT2D eigenvalue weighted by Gasteiger charge is -2.13. The highest BCUT2D eigenvalue weighted by Crippen LogP contribution is 2.25. The van der Waals surface area contributed by atoms with Crippen LogP contribution in [0.25, 0.3) is 0 Å². The van der Waals surface area contributed by atoms with Crippen LogP contribution in [0.5, 0.6) is 5.75 Å². The molecule has 19 heavy (non-hydrogen) atoms. The lowest BCUT2D eigenvalue weighted by Crippen LogP contribution is -2.38. The number of carbonyl (C=O) groups is 2. The fourth-order valence-electron chi connectivity index (χ4n) is 2.10. The summed E-state index contributed by atoms with van der Waals surface area (Å²) >= 11 is 0. The van der Waals surface area contributed by atoms with Gasteiger partial charge in [0, 0.05) is 19.0 Å². The summed E-state index contributed by atoms with van der Waals surface area (Å²) in [4.78, 5) is 23.1. The Kier molecular flexibility index (Phi) is 3.89. The van der Waals surface area contributed by atoms with Gasteiger partial charge in [0.25, 0.3) is 5.91 Å². The van der Waals surface area contributed by atoms with Gasteiger partial charge in [0.05, 0.1) is 18.4 Å².